The second-order valence-corrected chi connectivity index (χ2v) is 5.57. The van der Waals surface area contributed by atoms with Crippen LogP contribution >= 0.6 is 46.4 Å². The Bertz CT molecular complexity index is 652. The Morgan fingerprint density at radius 2 is 1.90 bits per heavy atom. The molecule has 0 saturated carbocycles. The Labute approximate surface area is 134 Å². The van der Waals surface area contributed by atoms with Gasteiger partial charge in [-0.25, -0.2) is 14.4 Å². The van der Waals surface area contributed by atoms with Crippen LogP contribution in [0.15, 0.2) is 18.5 Å². The van der Waals surface area contributed by atoms with E-state index in [1.54, 1.807) is 0 Å². The molecule has 0 aliphatic carbocycles. The maximum atomic E-state index is 14.0. The summed E-state index contributed by atoms with van der Waals surface area (Å²) in [5, 5.41) is 0.220. The van der Waals surface area contributed by atoms with E-state index in [1.165, 1.54) is 19.5 Å². The van der Waals surface area contributed by atoms with E-state index in [9.17, 15) is 4.39 Å². The monoisotopic (exact) mass is 354 g/mol. The summed E-state index contributed by atoms with van der Waals surface area (Å²) in [5.41, 5.74) is 0.484. The fourth-order valence-corrected chi connectivity index (χ4v) is 2.57. The first kappa shape index (κ1) is 15.6. The van der Waals surface area contributed by atoms with Gasteiger partial charge in [-0.15, -0.1) is 0 Å². The van der Waals surface area contributed by atoms with Crippen molar-refractivity contribution >= 4 is 46.4 Å². The van der Waals surface area contributed by atoms with Gasteiger partial charge in [0, 0.05) is 5.56 Å². The molecule has 20 heavy (non-hydrogen) atoms. The summed E-state index contributed by atoms with van der Waals surface area (Å²) in [5.74, 6) is -0.296. The van der Waals surface area contributed by atoms with Gasteiger partial charge in [0.25, 0.3) is 0 Å². The van der Waals surface area contributed by atoms with Crippen molar-refractivity contribution in [3.05, 3.63) is 40.0 Å². The lowest BCUT2D eigenvalue weighted by Gasteiger charge is -2.11. The number of nitrogens with zero attached hydrogens (tertiary/aromatic N) is 2. The Morgan fingerprint density at radius 1 is 1.20 bits per heavy atom. The fourth-order valence-electron chi connectivity index (χ4n) is 1.59. The summed E-state index contributed by atoms with van der Waals surface area (Å²) in [6.45, 7) is 0. The third-order valence-corrected chi connectivity index (χ3v) is 3.60. The molecule has 8 heteroatoms. The highest BCUT2D eigenvalue weighted by Gasteiger charge is 2.19. The van der Waals surface area contributed by atoms with Gasteiger partial charge in [-0.1, -0.05) is 46.4 Å². The second kappa shape index (κ2) is 6.31. The molecule has 0 bridgehead atoms. The zero-order valence-electron chi connectivity index (χ0n) is 10.0. The van der Waals surface area contributed by atoms with Gasteiger partial charge in [-0.3, -0.25) is 0 Å². The average molecular weight is 356 g/mol. The molecule has 106 valence electrons. The summed E-state index contributed by atoms with van der Waals surface area (Å²) in [7, 11) is 1.42. The van der Waals surface area contributed by atoms with Gasteiger partial charge in [-0.05, 0) is 12.1 Å². The number of rotatable bonds is 3. The lowest BCUT2D eigenvalue weighted by Crippen LogP contribution is -1.98. The molecule has 0 N–H and O–H groups in total. The van der Waals surface area contributed by atoms with E-state index in [0.29, 0.717) is 5.75 Å². The largest absolute Gasteiger partial charge is 0.495 e. The van der Waals surface area contributed by atoms with Crippen molar-refractivity contribution in [2.45, 2.75) is 4.84 Å². The van der Waals surface area contributed by atoms with Crippen LogP contribution in [0.25, 0.3) is 11.3 Å². The molecule has 0 fully saturated rings. The normalized spacial score (nSPS) is 10.9. The van der Waals surface area contributed by atoms with E-state index < -0.39 is 10.7 Å². The van der Waals surface area contributed by atoms with Crippen LogP contribution in [0.1, 0.15) is 10.5 Å². The smallest absolute Gasteiger partial charge is 0.151 e. The molecule has 2 rings (SSSR count). The SMILES string of the molecule is COc1cc(-c2ncnc(C(Cl)Cl)c2Cl)c(F)cc1Cl. The summed E-state index contributed by atoms with van der Waals surface area (Å²) in [6, 6.07) is 2.51. The van der Waals surface area contributed by atoms with E-state index in [1.807, 2.05) is 0 Å². The summed E-state index contributed by atoms with van der Waals surface area (Å²) < 4.78 is 19.1. The van der Waals surface area contributed by atoms with Crippen molar-refractivity contribution in [3.63, 3.8) is 0 Å². The number of aromatic nitrogens is 2. The van der Waals surface area contributed by atoms with Crippen LogP contribution in [0.4, 0.5) is 4.39 Å². The van der Waals surface area contributed by atoms with E-state index >= 15 is 0 Å². The number of hydrogen-bond acceptors (Lipinski definition) is 3. The molecule has 0 saturated heterocycles. The van der Waals surface area contributed by atoms with Crippen LogP contribution < -0.4 is 4.74 Å². The molecule has 1 aromatic carbocycles. The van der Waals surface area contributed by atoms with Gasteiger partial charge in [-0.2, -0.15) is 0 Å². The number of methoxy groups -OCH3 is 1. The van der Waals surface area contributed by atoms with Gasteiger partial charge in [0.2, 0.25) is 0 Å². The quantitative estimate of drug-likeness (QED) is 0.720. The first-order valence-corrected chi connectivity index (χ1v) is 6.90. The summed E-state index contributed by atoms with van der Waals surface area (Å²) in [6.07, 6.45) is 1.20. The van der Waals surface area contributed by atoms with Crippen molar-refractivity contribution in [3.8, 4) is 17.0 Å². The van der Waals surface area contributed by atoms with Crippen LogP contribution in [0.5, 0.6) is 5.75 Å². The van der Waals surface area contributed by atoms with Crippen molar-refractivity contribution in [1.82, 2.24) is 9.97 Å². The molecule has 0 unspecified atom stereocenters. The van der Waals surface area contributed by atoms with Crippen LogP contribution in [0, 0.1) is 5.82 Å². The molecule has 2 aromatic rings. The summed E-state index contributed by atoms with van der Waals surface area (Å²) >= 11 is 23.4. The molecule has 0 atom stereocenters. The zero-order valence-corrected chi connectivity index (χ0v) is 13.0. The van der Waals surface area contributed by atoms with Crippen LogP contribution in [-0.4, -0.2) is 17.1 Å². The highest BCUT2D eigenvalue weighted by molar-refractivity contribution is 6.45. The molecule has 3 nitrogen and oxygen atoms in total. The molecular weight excluding hydrogens is 349 g/mol. The first-order valence-electron chi connectivity index (χ1n) is 5.27. The van der Waals surface area contributed by atoms with Crippen LogP contribution in [0.3, 0.4) is 0 Å². The second-order valence-electron chi connectivity index (χ2n) is 3.69. The highest BCUT2D eigenvalue weighted by atomic mass is 35.5. The van der Waals surface area contributed by atoms with E-state index in [-0.39, 0.29) is 27.0 Å². The van der Waals surface area contributed by atoms with Gasteiger partial charge in [0.15, 0.2) is 4.84 Å². The predicted octanol–water partition coefficient (Wildman–Crippen LogP) is 5.07. The number of benzene rings is 1. The molecular formula is C12H7Cl4FN2O. The van der Waals surface area contributed by atoms with E-state index in [2.05, 4.69) is 9.97 Å². The third kappa shape index (κ3) is 2.93. The van der Waals surface area contributed by atoms with E-state index in [0.717, 1.165) is 6.07 Å². The summed E-state index contributed by atoms with van der Waals surface area (Å²) in [4.78, 5) is 6.88. The van der Waals surface area contributed by atoms with Crippen molar-refractivity contribution < 1.29 is 9.13 Å². The predicted molar refractivity (Wildman–Crippen MR) is 78.4 cm³/mol. The van der Waals surface area contributed by atoms with E-state index in [4.69, 9.17) is 51.1 Å². The van der Waals surface area contributed by atoms with Gasteiger partial charge in [0.05, 0.1) is 28.5 Å². The van der Waals surface area contributed by atoms with Gasteiger partial charge >= 0.3 is 0 Å². The molecule has 1 aromatic heterocycles. The first-order chi connectivity index (χ1) is 9.45. The Balaban J connectivity index is 2.66. The number of alkyl halides is 2. The van der Waals surface area contributed by atoms with Gasteiger partial charge in [0.1, 0.15) is 17.9 Å². The molecule has 0 amide bonds. The number of halogens is 5. The minimum atomic E-state index is -0.943. The number of hydrogen-bond donors (Lipinski definition) is 0. The highest BCUT2D eigenvalue weighted by Crippen LogP contribution is 2.38. The lowest BCUT2D eigenvalue weighted by molar-refractivity contribution is 0.414. The molecule has 0 aliphatic heterocycles. The molecule has 1 heterocycles. The third-order valence-electron chi connectivity index (χ3n) is 2.52. The fraction of sp³-hybridized carbons (Fsp3) is 0.167. The number of ether oxygens (including phenoxy) is 1. The topological polar surface area (TPSA) is 35.0 Å². The molecule has 0 spiro atoms. The minimum absolute atomic E-state index is 0.0748. The maximum Gasteiger partial charge on any atom is 0.151 e. The van der Waals surface area contributed by atoms with Gasteiger partial charge < -0.3 is 4.74 Å². The Kier molecular flexibility index (Phi) is 4.91. The Hall–Kier alpha value is -0.810. The average Bonchev–Trinajstić information content (AvgIpc) is 2.39. The van der Waals surface area contributed by atoms with Crippen molar-refractivity contribution in [2.24, 2.45) is 0 Å². The zero-order chi connectivity index (χ0) is 14.9. The molecule has 0 radical (unpaired) electrons. The van der Waals surface area contributed by atoms with Crippen LogP contribution in [-0.2, 0) is 0 Å². The standard InChI is InChI=1S/C12H7Cl4FN2O/c1-20-8-2-5(7(17)3-6(8)13)10-9(14)11(12(15)16)19-4-18-10/h2-4,12H,1H3. The maximum absolute atomic E-state index is 14.0. The van der Waals surface area contributed by atoms with Crippen LogP contribution in [0.2, 0.25) is 10.0 Å². The Morgan fingerprint density at radius 3 is 2.50 bits per heavy atom. The minimum Gasteiger partial charge on any atom is -0.495 e. The van der Waals surface area contributed by atoms with Crippen molar-refractivity contribution in [2.75, 3.05) is 7.11 Å². The van der Waals surface area contributed by atoms with Crippen molar-refractivity contribution in [1.29, 1.82) is 0 Å². The molecule has 0 aliphatic rings. The lowest BCUT2D eigenvalue weighted by atomic mass is 10.1.